The van der Waals surface area contributed by atoms with Crippen LogP contribution in [0.15, 0.2) is 48.5 Å². The number of rotatable bonds is 13. The number of para-hydroxylation sites is 1. The molecule has 2 aromatic carbocycles. The number of nitrogens with zero attached hydrogens (tertiary/aromatic N) is 1. The Bertz CT molecular complexity index is 1080. The molecule has 0 saturated heterocycles. The fraction of sp³-hybridized carbons (Fsp3) is 0.429. The van der Waals surface area contributed by atoms with Crippen LogP contribution < -0.4 is 10.2 Å². The van der Waals surface area contributed by atoms with Gasteiger partial charge in [0.05, 0.1) is 12.2 Å². The summed E-state index contributed by atoms with van der Waals surface area (Å²) < 4.78 is 17.6. The van der Waals surface area contributed by atoms with Crippen LogP contribution in [-0.2, 0) is 29.4 Å². The molecule has 0 unspecified atom stereocenters. The van der Waals surface area contributed by atoms with Gasteiger partial charge in [0.25, 0.3) is 0 Å². The number of anilines is 1. The molecule has 8 heteroatoms. The predicted octanol–water partition coefficient (Wildman–Crippen LogP) is 4.27. The minimum absolute atomic E-state index is 0.105. The quantitative estimate of drug-likeness (QED) is 0.248. The summed E-state index contributed by atoms with van der Waals surface area (Å²) in [6.07, 6.45) is 0.919. The molecule has 2 aromatic rings. The van der Waals surface area contributed by atoms with Crippen LogP contribution in [0.4, 0.5) is 5.69 Å². The first-order valence-corrected chi connectivity index (χ1v) is 14.6. The second-order valence-corrected chi connectivity index (χ2v) is 11.1. The number of hydrogen-bond donors (Lipinski definition) is 1. The molecule has 7 nitrogen and oxygen atoms in total. The topological polar surface area (TPSA) is 77.1 Å². The molecule has 0 aliphatic carbocycles. The zero-order valence-corrected chi connectivity index (χ0v) is 22.5. The van der Waals surface area contributed by atoms with Gasteiger partial charge in [-0.1, -0.05) is 42.2 Å². The van der Waals surface area contributed by atoms with Gasteiger partial charge in [-0.05, 0) is 51.0 Å². The van der Waals surface area contributed by atoms with Gasteiger partial charge in [0.15, 0.2) is 0 Å². The minimum Gasteiger partial charge on any atom is -0.374 e. The van der Waals surface area contributed by atoms with E-state index in [1.807, 2.05) is 69.3 Å². The van der Waals surface area contributed by atoms with Crippen molar-refractivity contribution in [1.82, 2.24) is 5.32 Å². The van der Waals surface area contributed by atoms with E-state index in [0.29, 0.717) is 45.4 Å². The summed E-state index contributed by atoms with van der Waals surface area (Å²) in [5.74, 6) is 6.15. The van der Waals surface area contributed by atoms with Gasteiger partial charge in [-0.3, -0.25) is 9.59 Å². The molecule has 0 spiro atoms. The van der Waals surface area contributed by atoms with E-state index in [1.54, 1.807) is 4.90 Å². The minimum atomic E-state index is -2.72. The van der Waals surface area contributed by atoms with Crippen LogP contribution in [0.1, 0.15) is 56.7 Å². The average Bonchev–Trinajstić information content (AvgIpc) is 2.87. The van der Waals surface area contributed by atoms with Gasteiger partial charge in [-0.2, -0.15) is 0 Å². The highest BCUT2D eigenvalue weighted by Crippen LogP contribution is 2.26. The molecule has 0 radical (unpaired) electrons. The third-order valence-electron chi connectivity index (χ3n) is 5.81. The summed E-state index contributed by atoms with van der Waals surface area (Å²) in [7, 11) is -2.72. The fourth-order valence-electron chi connectivity index (χ4n) is 4.19. The molecule has 0 fully saturated rings. The Kier molecular flexibility index (Phi) is 10.7. The maximum absolute atomic E-state index is 13.3. The highest BCUT2D eigenvalue weighted by atomic mass is 28.4. The number of carbonyl (C=O) groups is 2. The molecular weight excluding hydrogens is 472 g/mol. The van der Waals surface area contributed by atoms with Gasteiger partial charge in [0.1, 0.15) is 0 Å². The Balaban J connectivity index is 1.56. The maximum atomic E-state index is 13.3. The second-order valence-electron chi connectivity index (χ2n) is 8.34. The molecule has 192 valence electrons. The highest BCUT2D eigenvalue weighted by Gasteiger charge is 2.39. The molecule has 0 aromatic heterocycles. The first-order chi connectivity index (χ1) is 17.5. The maximum Gasteiger partial charge on any atom is 0.500 e. The van der Waals surface area contributed by atoms with Gasteiger partial charge in [-0.25, -0.2) is 0 Å². The van der Waals surface area contributed by atoms with Crippen molar-refractivity contribution in [3.05, 3.63) is 65.2 Å². The third kappa shape index (κ3) is 7.52. The van der Waals surface area contributed by atoms with Crippen LogP contribution in [0.5, 0.6) is 0 Å². The van der Waals surface area contributed by atoms with Gasteiger partial charge in [0.2, 0.25) is 11.8 Å². The first-order valence-electron chi connectivity index (χ1n) is 12.7. The van der Waals surface area contributed by atoms with Gasteiger partial charge >= 0.3 is 8.80 Å². The molecule has 0 bridgehead atoms. The SMILES string of the molecule is CCO[Si](CCCNC(=O)CCC(=O)N1Cc2ccccc2C#Cc2ccccc21)(OCC)OCC. The Hall–Kier alpha value is -2.96. The lowest BCUT2D eigenvalue weighted by Crippen LogP contribution is -2.46. The van der Waals surface area contributed by atoms with Gasteiger partial charge in [0, 0.05) is 56.4 Å². The fourth-order valence-corrected chi connectivity index (χ4v) is 6.80. The Labute approximate surface area is 215 Å². The van der Waals surface area contributed by atoms with E-state index in [2.05, 4.69) is 17.2 Å². The molecule has 3 rings (SSSR count). The third-order valence-corrected chi connectivity index (χ3v) is 8.97. The van der Waals surface area contributed by atoms with E-state index < -0.39 is 8.80 Å². The number of fused-ring (bicyclic) bond motifs is 2. The number of benzene rings is 2. The van der Waals surface area contributed by atoms with Crippen LogP contribution in [-0.4, -0.2) is 47.0 Å². The Morgan fingerprint density at radius 2 is 1.50 bits per heavy atom. The molecular formula is C28H36N2O5Si. The predicted molar refractivity (Wildman–Crippen MR) is 142 cm³/mol. The van der Waals surface area contributed by atoms with E-state index in [9.17, 15) is 9.59 Å². The van der Waals surface area contributed by atoms with E-state index in [0.717, 1.165) is 22.4 Å². The molecule has 1 N–H and O–H groups in total. The molecule has 1 aliphatic rings. The summed E-state index contributed by atoms with van der Waals surface area (Å²) in [5.41, 5.74) is 3.47. The molecule has 36 heavy (non-hydrogen) atoms. The Morgan fingerprint density at radius 3 is 2.19 bits per heavy atom. The van der Waals surface area contributed by atoms with E-state index in [4.69, 9.17) is 13.3 Å². The van der Waals surface area contributed by atoms with Crippen molar-refractivity contribution in [1.29, 1.82) is 0 Å². The summed E-state index contributed by atoms with van der Waals surface area (Å²) in [4.78, 5) is 27.5. The lowest BCUT2D eigenvalue weighted by Gasteiger charge is -2.28. The first kappa shape index (κ1) is 27.6. The highest BCUT2D eigenvalue weighted by molar-refractivity contribution is 6.60. The van der Waals surface area contributed by atoms with E-state index in [1.165, 1.54) is 0 Å². The van der Waals surface area contributed by atoms with Crippen LogP contribution in [0, 0.1) is 11.8 Å². The zero-order valence-electron chi connectivity index (χ0n) is 21.5. The molecule has 1 heterocycles. The van der Waals surface area contributed by atoms with Crippen molar-refractivity contribution in [2.45, 2.75) is 52.6 Å². The number of carbonyl (C=O) groups excluding carboxylic acids is 2. The standard InChI is InChI=1S/C28H36N2O5Si/c1-4-33-36(34-5-2,35-6-3)21-11-20-29-27(31)18-19-28(32)30-22-25-14-8-7-12-23(25)16-17-24-13-9-10-15-26(24)30/h7-10,12-15H,4-6,11,18-22H2,1-3H3,(H,29,31). The van der Waals surface area contributed by atoms with Crippen molar-refractivity contribution in [3.63, 3.8) is 0 Å². The zero-order chi connectivity index (χ0) is 25.8. The lowest BCUT2D eigenvalue weighted by atomic mass is 10.0. The summed E-state index contributed by atoms with van der Waals surface area (Å²) in [6.45, 7) is 8.24. The number of nitrogens with one attached hydrogen (secondary N) is 1. The van der Waals surface area contributed by atoms with Crippen molar-refractivity contribution in [2.75, 3.05) is 31.3 Å². The second kappa shape index (κ2) is 13.9. The summed E-state index contributed by atoms with van der Waals surface area (Å²) in [6, 6.07) is 16.1. The van der Waals surface area contributed by atoms with Crippen molar-refractivity contribution >= 4 is 26.3 Å². The number of amides is 2. The normalized spacial score (nSPS) is 12.5. The van der Waals surface area contributed by atoms with Crippen LogP contribution in [0.3, 0.4) is 0 Å². The van der Waals surface area contributed by atoms with Gasteiger partial charge in [-0.15, -0.1) is 0 Å². The molecule has 0 atom stereocenters. The number of hydrogen-bond acceptors (Lipinski definition) is 5. The molecule has 2 amide bonds. The summed E-state index contributed by atoms with van der Waals surface area (Å²) >= 11 is 0. The summed E-state index contributed by atoms with van der Waals surface area (Å²) in [5, 5.41) is 2.92. The van der Waals surface area contributed by atoms with E-state index in [-0.39, 0.29) is 24.7 Å². The monoisotopic (exact) mass is 508 g/mol. The van der Waals surface area contributed by atoms with Gasteiger partial charge < -0.3 is 23.5 Å². The molecule has 0 saturated carbocycles. The average molecular weight is 509 g/mol. The van der Waals surface area contributed by atoms with Crippen LogP contribution >= 0.6 is 0 Å². The van der Waals surface area contributed by atoms with Crippen molar-refractivity contribution in [3.8, 4) is 11.8 Å². The lowest BCUT2D eigenvalue weighted by molar-refractivity contribution is -0.125. The smallest absolute Gasteiger partial charge is 0.374 e. The van der Waals surface area contributed by atoms with Crippen molar-refractivity contribution < 1.29 is 22.9 Å². The van der Waals surface area contributed by atoms with Crippen molar-refractivity contribution in [2.24, 2.45) is 0 Å². The van der Waals surface area contributed by atoms with Crippen LogP contribution in [0.25, 0.3) is 0 Å². The van der Waals surface area contributed by atoms with E-state index >= 15 is 0 Å². The Morgan fingerprint density at radius 1 is 0.889 bits per heavy atom. The largest absolute Gasteiger partial charge is 0.500 e. The molecule has 1 aliphatic heterocycles. The van der Waals surface area contributed by atoms with Crippen LogP contribution in [0.2, 0.25) is 6.04 Å².